The molecule has 110 valence electrons. The maximum Gasteiger partial charge on any atom is 0.128 e. The van der Waals surface area contributed by atoms with Gasteiger partial charge in [0.2, 0.25) is 0 Å². The molecule has 0 unspecified atom stereocenters. The minimum atomic E-state index is 0.727. The molecule has 0 aliphatic heterocycles. The van der Waals surface area contributed by atoms with E-state index in [1.807, 2.05) is 24.3 Å². The van der Waals surface area contributed by atoms with Crippen LogP contribution in [-0.2, 0) is 13.0 Å². The van der Waals surface area contributed by atoms with Crippen LogP contribution in [0.5, 0.6) is 11.5 Å². The first-order valence-electron chi connectivity index (χ1n) is 7.53. The van der Waals surface area contributed by atoms with E-state index < -0.39 is 0 Å². The fourth-order valence-corrected chi connectivity index (χ4v) is 2.70. The summed E-state index contributed by atoms with van der Waals surface area (Å²) in [5, 5.41) is 3.52. The minimum absolute atomic E-state index is 0.727. The van der Waals surface area contributed by atoms with Gasteiger partial charge in [0.1, 0.15) is 11.5 Å². The first kappa shape index (κ1) is 14.6. The normalized spacial score (nSPS) is 14.2. The van der Waals surface area contributed by atoms with Crippen molar-refractivity contribution in [2.24, 2.45) is 0 Å². The van der Waals surface area contributed by atoms with Gasteiger partial charge in [0.15, 0.2) is 0 Å². The van der Waals surface area contributed by atoms with Crippen molar-refractivity contribution >= 4 is 15.9 Å². The molecule has 1 fully saturated rings. The highest BCUT2D eigenvalue weighted by atomic mass is 79.9. The molecule has 0 radical (unpaired) electrons. The largest absolute Gasteiger partial charge is 0.457 e. The standard InChI is InChI=1S/C18H20BrNO/c1-2-13-3-8-16(9-4-13)21-17-10-5-14(18(19)11-17)12-20-15-6-7-15/h3-5,8-11,15,20H,2,6-7,12H2,1H3. The summed E-state index contributed by atoms with van der Waals surface area (Å²) in [4.78, 5) is 0. The molecule has 1 N–H and O–H groups in total. The third-order valence-corrected chi connectivity index (χ3v) is 4.49. The molecule has 1 saturated carbocycles. The molecule has 0 spiro atoms. The monoisotopic (exact) mass is 345 g/mol. The number of hydrogen-bond donors (Lipinski definition) is 1. The van der Waals surface area contributed by atoms with Crippen molar-refractivity contribution in [2.75, 3.05) is 0 Å². The minimum Gasteiger partial charge on any atom is -0.457 e. The number of aryl methyl sites for hydroxylation is 1. The first-order valence-corrected chi connectivity index (χ1v) is 8.32. The van der Waals surface area contributed by atoms with Crippen LogP contribution in [0.4, 0.5) is 0 Å². The van der Waals surface area contributed by atoms with Crippen LogP contribution in [0.3, 0.4) is 0 Å². The van der Waals surface area contributed by atoms with Crippen molar-refractivity contribution in [2.45, 2.75) is 38.8 Å². The van der Waals surface area contributed by atoms with E-state index in [1.165, 1.54) is 24.0 Å². The van der Waals surface area contributed by atoms with E-state index in [9.17, 15) is 0 Å². The molecule has 2 aromatic rings. The average Bonchev–Trinajstić information content (AvgIpc) is 3.31. The second-order valence-corrected chi connectivity index (χ2v) is 6.36. The molecule has 3 heteroatoms. The maximum atomic E-state index is 5.90. The molecule has 2 nitrogen and oxygen atoms in total. The molecule has 21 heavy (non-hydrogen) atoms. The van der Waals surface area contributed by atoms with Crippen molar-refractivity contribution in [3.8, 4) is 11.5 Å². The van der Waals surface area contributed by atoms with Crippen LogP contribution >= 0.6 is 15.9 Å². The van der Waals surface area contributed by atoms with Gasteiger partial charge in [0, 0.05) is 17.1 Å². The molecule has 2 aromatic carbocycles. The quantitative estimate of drug-likeness (QED) is 0.790. The second kappa shape index (κ2) is 6.63. The van der Waals surface area contributed by atoms with E-state index in [2.05, 4.69) is 46.4 Å². The molecular formula is C18H20BrNO. The van der Waals surface area contributed by atoms with Crippen molar-refractivity contribution in [1.82, 2.24) is 5.32 Å². The molecule has 0 atom stereocenters. The van der Waals surface area contributed by atoms with E-state index in [0.717, 1.165) is 35.0 Å². The zero-order chi connectivity index (χ0) is 14.7. The summed E-state index contributed by atoms with van der Waals surface area (Å²) >= 11 is 3.63. The molecule has 0 heterocycles. The Morgan fingerprint density at radius 3 is 2.43 bits per heavy atom. The van der Waals surface area contributed by atoms with E-state index in [-0.39, 0.29) is 0 Å². The van der Waals surface area contributed by atoms with Gasteiger partial charge < -0.3 is 10.1 Å². The summed E-state index contributed by atoms with van der Waals surface area (Å²) in [6.07, 6.45) is 3.67. The maximum absolute atomic E-state index is 5.90. The Labute approximate surface area is 134 Å². The van der Waals surface area contributed by atoms with E-state index >= 15 is 0 Å². The lowest BCUT2D eigenvalue weighted by atomic mass is 10.2. The number of rotatable bonds is 6. The van der Waals surface area contributed by atoms with Crippen LogP contribution in [0, 0.1) is 0 Å². The molecule has 0 bridgehead atoms. The van der Waals surface area contributed by atoms with Gasteiger partial charge >= 0.3 is 0 Å². The third kappa shape index (κ3) is 4.08. The Morgan fingerprint density at radius 1 is 1.10 bits per heavy atom. The fraction of sp³-hybridized carbons (Fsp3) is 0.333. The van der Waals surface area contributed by atoms with Gasteiger partial charge in [-0.05, 0) is 54.7 Å². The molecule has 0 amide bonds. The lowest BCUT2D eigenvalue weighted by Crippen LogP contribution is -2.15. The first-order chi connectivity index (χ1) is 10.2. The number of ether oxygens (including phenoxy) is 1. The van der Waals surface area contributed by atoms with Crippen molar-refractivity contribution in [1.29, 1.82) is 0 Å². The zero-order valence-electron chi connectivity index (χ0n) is 12.2. The van der Waals surface area contributed by atoms with Crippen LogP contribution in [-0.4, -0.2) is 6.04 Å². The van der Waals surface area contributed by atoms with E-state index in [4.69, 9.17) is 4.74 Å². The Hall–Kier alpha value is -1.32. The smallest absolute Gasteiger partial charge is 0.128 e. The third-order valence-electron chi connectivity index (χ3n) is 3.75. The van der Waals surface area contributed by atoms with Gasteiger partial charge in [-0.2, -0.15) is 0 Å². The number of nitrogens with one attached hydrogen (secondary N) is 1. The highest BCUT2D eigenvalue weighted by molar-refractivity contribution is 9.10. The number of halogens is 1. The average molecular weight is 346 g/mol. The summed E-state index contributed by atoms with van der Waals surface area (Å²) in [6.45, 7) is 3.07. The predicted octanol–water partition coefficient (Wildman–Crippen LogP) is 5.06. The molecule has 1 aliphatic rings. The molecule has 0 aromatic heterocycles. The Bertz CT molecular complexity index is 605. The van der Waals surface area contributed by atoms with Crippen LogP contribution in [0.15, 0.2) is 46.9 Å². The molecule has 3 rings (SSSR count). The van der Waals surface area contributed by atoms with Gasteiger partial charge in [0.25, 0.3) is 0 Å². The van der Waals surface area contributed by atoms with Crippen molar-refractivity contribution < 1.29 is 4.74 Å². The number of benzene rings is 2. The van der Waals surface area contributed by atoms with Gasteiger partial charge in [-0.1, -0.05) is 41.1 Å². The Kier molecular flexibility index (Phi) is 4.61. The topological polar surface area (TPSA) is 21.3 Å². The Morgan fingerprint density at radius 2 is 1.81 bits per heavy atom. The van der Waals surface area contributed by atoms with Crippen molar-refractivity contribution in [3.63, 3.8) is 0 Å². The fourth-order valence-electron chi connectivity index (χ4n) is 2.21. The van der Waals surface area contributed by atoms with Crippen LogP contribution < -0.4 is 10.1 Å². The molecule has 0 saturated heterocycles. The van der Waals surface area contributed by atoms with Gasteiger partial charge in [-0.15, -0.1) is 0 Å². The summed E-state index contributed by atoms with van der Waals surface area (Å²) in [6, 6.07) is 15.2. The summed E-state index contributed by atoms with van der Waals surface area (Å²) < 4.78 is 7.00. The Balaban J connectivity index is 1.65. The summed E-state index contributed by atoms with van der Waals surface area (Å²) in [7, 11) is 0. The highest BCUT2D eigenvalue weighted by Gasteiger charge is 2.20. The lowest BCUT2D eigenvalue weighted by molar-refractivity contribution is 0.481. The van der Waals surface area contributed by atoms with Crippen molar-refractivity contribution in [3.05, 3.63) is 58.1 Å². The van der Waals surface area contributed by atoms with E-state index in [1.54, 1.807) is 0 Å². The summed E-state index contributed by atoms with van der Waals surface area (Å²) in [5.41, 5.74) is 2.60. The van der Waals surface area contributed by atoms with Crippen LogP contribution in [0.25, 0.3) is 0 Å². The van der Waals surface area contributed by atoms with Crippen LogP contribution in [0.1, 0.15) is 30.9 Å². The van der Waals surface area contributed by atoms with Gasteiger partial charge in [-0.3, -0.25) is 0 Å². The van der Waals surface area contributed by atoms with Gasteiger partial charge in [-0.25, -0.2) is 0 Å². The highest BCUT2D eigenvalue weighted by Crippen LogP contribution is 2.28. The SMILES string of the molecule is CCc1ccc(Oc2ccc(CNC3CC3)c(Br)c2)cc1. The summed E-state index contributed by atoms with van der Waals surface area (Å²) in [5.74, 6) is 1.74. The van der Waals surface area contributed by atoms with Crippen LogP contribution in [0.2, 0.25) is 0 Å². The zero-order valence-corrected chi connectivity index (χ0v) is 13.8. The molecular weight excluding hydrogens is 326 g/mol. The molecule has 1 aliphatic carbocycles. The van der Waals surface area contributed by atoms with Gasteiger partial charge in [0.05, 0.1) is 0 Å². The second-order valence-electron chi connectivity index (χ2n) is 5.51. The lowest BCUT2D eigenvalue weighted by Gasteiger charge is -2.10. The predicted molar refractivity (Wildman–Crippen MR) is 89.9 cm³/mol. The van der Waals surface area contributed by atoms with E-state index in [0.29, 0.717) is 0 Å². The number of hydrogen-bond acceptors (Lipinski definition) is 2.